The van der Waals surface area contributed by atoms with Gasteiger partial charge in [-0.1, -0.05) is 17.1 Å². The first kappa shape index (κ1) is 21.0. The van der Waals surface area contributed by atoms with Gasteiger partial charge in [-0.3, -0.25) is 9.78 Å². The van der Waals surface area contributed by atoms with E-state index >= 15 is 0 Å². The van der Waals surface area contributed by atoms with Crippen LogP contribution in [0.5, 0.6) is 0 Å². The molecule has 162 valence electrons. The highest BCUT2D eigenvalue weighted by atomic mass is 16.1. The van der Waals surface area contributed by atoms with Crippen molar-refractivity contribution in [2.75, 3.05) is 22.1 Å². The van der Waals surface area contributed by atoms with Crippen molar-refractivity contribution >= 4 is 39.8 Å². The number of nitrogens with zero attached hydrogens (tertiary/aromatic N) is 3. The van der Waals surface area contributed by atoms with Gasteiger partial charge in [-0.2, -0.15) is 0 Å². The van der Waals surface area contributed by atoms with Crippen molar-refractivity contribution in [3.8, 4) is 0 Å². The summed E-state index contributed by atoms with van der Waals surface area (Å²) in [6.45, 7) is 4.31. The lowest BCUT2D eigenvalue weighted by atomic mass is 10.1. The van der Waals surface area contributed by atoms with Crippen LogP contribution in [0.3, 0.4) is 0 Å². The van der Waals surface area contributed by atoms with Crippen molar-refractivity contribution in [3.05, 3.63) is 77.2 Å². The van der Waals surface area contributed by atoms with Gasteiger partial charge >= 0.3 is 0 Å². The number of benzene rings is 2. The van der Waals surface area contributed by atoms with E-state index in [0.29, 0.717) is 35.1 Å². The molecule has 0 bridgehead atoms. The zero-order chi connectivity index (χ0) is 22.8. The Morgan fingerprint density at radius 1 is 1.03 bits per heavy atom. The first-order chi connectivity index (χ1) is 15.3. The van der Waals surface area contributed by atoms with Gasteiger partial charge in [0.05, 0.1) is 18.6 Å². The number of hydrogen-bond acceptors (Lipinski definition) is 6. The molecule has 0 aliphatic heterocycles. The van der Waals surface area contributed by atoms with Gasteiger partial charge in [-0.25, -0.2) is 4.57 Å². The number of rotatable bonds is 5. The van der Waals surface area contributed by atoms with E-state index in [2.05, 4.69) is 20.6 Å². The average Bonchev–Trinajstić information content (AvgIpc) is 2.76. The van der Waals surface area contributed by atoms with Gasteiger partial charge in [-0.05, 0) is 48.9 Å². The molecule has 0 saturated heterocycles. The number of carbonyl (C=O) groups is 1. The van der Waals surface area contributed by atoms with Gasteiger partial charge in [0.2, 0.25) is 17.5 Å². The van der Waals surface area contributed by atoms with Crippen LogP contribution in [0.2, 0.25) is 0 Å². The van der Waals surface area contributed by atoms with E-state index in [-0.39, 0.29) is 5.91 Å². The van der Waals surface area contributed by atoms with Gasteiger partial charge < -0.3 is 22.1 Å². The molecule has 2 aromatic heterocycles. The van der Waals surface area contributed by atoms with Crippen LogP contribution in [0.15, 0.2) is 54.6 Å². The van der Waals surface area contributed by atoms with Crippen LogP contribution in [0, 0.1) is 13.8 Å². The third-order valence-electron chi connectivity index (χ3n) is 5.33. The van der Waals surface area contributed by atoms with E-state index in [1.165, 1.54) is 0 Å². The molecule has 0 saturated carbocycles. The molecule has 0 atom stereocenters. The zero-order valence-electron chi connectivity index (χ0n) is 18.3. The minimum atomic E-state index is -0.199. The van der Waals surface area contributed by atoms with Crippen LogP contribution in [0.25, 0.3) is 10.9 Å². The Hall–Kier alpha value is -4.20. The van der Waals surface area contributed by atoms with Crippen molar-refractivity contribution in [3.63, 3.8) is 0 Å². The van der Waals surface area contributed by atoms with Crippen LogP contribution in [-0.2, 0) is 13.6 Å². The number of aryl methyl sites for hydroxylation is 2. The minimum Gasteiger partial charge on any atom is -0.398 e. The lowest BCUT2D eigenvalue weighted by molar-refractivity contribution is -0.666. The van der Waals surface area contributed by atoms with E-state index < -0.39 is 0 Å². The normalized spacial score (nSPS) is 10.8. The summed E-state index contributed by atoms with van der Waals surface area (Å²) in [7, 11) is 1.87. The smallest absolute Gasteiger partial charge is 0.255 e. The second-order valence-electron chi connectivity index (χ2n) is 7.77. The molecule has 32 heavy (non-hydrogen) atoms. The number of aromatic nitrogens is 3. The number of fused-ring (bicyclic) bond motifs is 1. The Bertz CT molecular complexity index is 1310. The summed E-state index contributed by atoms with van der Waals surface area (Å²) < 4.78 is 1.81. The molecule has 4 aromatic rings. The lowest BCUT2D eigenvalue weighted by Crippen LogP contribution is -2.37. The van der Waals surface area contributed by atoms with Crippen molar-refractivity contribution in [1.82, 2.24) is 9.97 Å². The molecular weight excluding hydrogens is 402 g/mol. The first-order valence-corrected chi connectivity index (χ1v) is 10.2. The molecule has 6 N–H and O–H groups in total. The van der Waals surface area contributed by atoms with Gasteiger partial charge in [0.15, 0.2) is 0 Å². The topological polar surface area (TPSA) is 123 Å². The van der Waals surface area contributed by atoms with Crippen LogP contribution in [0.4, 0.5) is 23.0 Å². The standard InChI is InChI=1S/C24H25N7O/c1-14-9-20(25)19-11-18(7-8-21(19)28-14)30-24(32)17-6-4-5-16(10-17)13-27-23-12-22(26)31(3)15(2)29-23/h4-12H,13H2,1-3H3,(H5,25,26,27,28,30,32)/p+1. The summed E-state index contributed by atoms with van der Waals surface area (Å²) in [6, 6.07) is 16.6. The molecule has 2 aromatic carbocycles. The van der Waals surface area contributed by atoms with E-state index in [9.17, 15) is 4.79 Å². The maximum Gasteiger partial charge on any atom is 0.255 e. The van der Waals surface area contributed by atoms with E-state index in [1.807, 2.05) is 67.9 Å². The summed E-state index contributed by atoms with van der Waals surface area (Å²) in [4.78, 5) is 21.8. The Balaban J connectivity index is 1.48. The molecule has 8 heteroatoms. The summed E-state index contributed by atoms with van der Waals surface area (Å²) in [5, 5.41) is 7.01. The van der Waals surface area contributed by atoms with Crippen molar-refractivity contribution in [2.45, 2.75) is 20.4 Å². The SMILES string of the molecule is Cc1cc(N)c2cc(NC(=O)c3cccc(CNc4cc(N)[n+](C)c(C)n4)c3)ccc2n1. The Morgan fingerprint density at radius 2 is 1.84 bits per heavy atom. The fraction of sp³-hybridized carbons (Fsp3) is 0.167. The molecule has 0 radical (unpaired) electrons. The predicted octanol–water partition coefficient (Wildman–Crippen LogP) is 3.10. The second-order valence-corrected chi connectivity index (χ2v) is 7.77. The molecule has 2 heterocycles. The number of anilines is 4. The highest BCUT2D eigenvalue weighted by Crippen LogP contribution is 2.24. The summed E-state index contributed by atoms with van der Waals surface area (Å²) in [6.07, 6.45) is 0. The molecule has 4 rings (SSSR count). The van der Waals surface area contributed by atoms with Crippen molar-refractivity contribution in [2.24, 2.45) is 7.05 Å². The summed E-state index contributed by atoms with van der Waals surface area (Å²) in [5.74, 6) is 1.91. The molecular formula is C24H26N7O+. The average molecular weight is 429 g/mol. The molecule has 0 fully saturated rings. The highest BCUT2D eigenvalue weighted by molar-refractivity contribution is 6.05. The fourth-order valence-corrected chi connectivity index (χ4v) is 3.48. The van der Waals surface area contributed by atoms with Crippen LogP contribution < -0.4 is 26.7 Å². The highest BCUT2D eigenvalue weighted by Gasteiger charge is 2.11. The number of pyridine rings is 1. The minimum absolute atomic E-state index is 0.199. The summed E-state index contributed by atoms with van der Waals surface area (Å²) >= 11 is 0. The molecule has 1 amide bonds. The van der Waals surface area contributed by atoms with Gasteiger partial charge in [0, 0.05) is 41.5 Å². The molecule has 8 nitrogen and oxygen atoms in total. The van der Waals surface area contributed by atoms with Crippen LogP contribution in [0.1, 0.15) is 27.4 Å². The Morgan fingerprint density at radius 3 is 2.62 bits per heavy atom. The van der Waals surface area contributed by atoms with E-state index in [0.717, 1.165) is 28.0 Å². The van der Waals surface area contributed by atoms with Crippen molar-refractivity contribution in [1.29, 1.82) is 0 Å². The number of hydrogen-bond donors (Lipinski definition) is 4. The number of amides is 1. The largest absolute Gasteiger partial charge is 0.398 e. The fourth-order valence-electron chi connectivity index (χ4n) is 3.48. The third-order valence-corrected chi connectivity index (χ3v) is 5.33. The van der Waals surface area contributed by atoms with E-state index in [1.54, 1.807) is 12.1 Å². The van der Waals surface area contributed by atoms with Crippen LogP contribution >= 0.6 is 0 Å². The van der Waals surface area contributed by atoms with Crippen LogP contribution in [-0.4, -0.2) is 15.9 Å². The maximum absolute atomic E-state index is 12.8. The molecule has 0 unspecified atom stereocenters. The Labute approximate surface area is 186 Å². The van der Waals surface area contributed by atoms with Gasteiger partial charge in [0.25, 0.3) is 5.91 Å². The first-order valence-electron chi connectivity index (χ1n) is 10.2. The lowest BCUT2D eigenvalue weighted by Gasteiger charge is -2.10. The summed E-state index contributed by atoms with van der Waals surface area (Å²) in [5.41, 5.74) is 16.6. The number of nitrogens with one attached hydrogen (secondary N) is 2. The second kappa shape index (κ2) is 8.50. The maximum atomic E-state index is 12.8. The molecule has 0 spiro atoms. The molecule has 0 aliphatic carbocycles. The quantitative estimate of drug-likeness (QED) is 0.362. The number of nitrogens with two attached hydrogens (primary N) is 2. The van der Waals surface area contributed by atoms with Gasteiger partial charge in [0.1, 0.15) is 0 Å². The Kier molecular flexibility index (Phi) is 5.59. The monoisotopic (exact) mass is 428 g/mol. The van der Waals surface area contributed by atoms with Crippen molar-refractivity contribution < 1.29 is 9.36 Å². The molecule has 0 aliphatic rings. The number of nitrogen functional groups attached to an aromatic ring is 2. The zero-order valence-corrected chi connectivity index (χ0v) is 18.3. The predicted molar refractivity (Wildman–Crippen MR) is 127 cm³/mol. The van der Waals surface area contributed by atoms with E-state index in [4.69, 9.17) is 11.5 Å². The number of carbonyl (C=O) groups excluding carboxylic acids is 1. The van der Waals surface area contributed by atoms with Gasteiger partial charge in [-0.15, -0.1) is 0 Å². The third kappa shape index (κ3) is 4.44.